The molecule has 1 aliphatic heterocycles. The van der Waals surface area contributed by atoms with Crippen molar-refractivity contribution in [3.05, 3.63) is 12.7 Å². The summed E-state index contributed by atoms with van der Waals surface area (Å²) in [6.45, 7) is 5.54. The Bertz CT molecular complexity index is 300. The molecule has 1 rings (SSSR count). The van der Waals surface area contributed by atoms with E-state index >= 15 is 0 Å². The van der Waals surface area contributed by atoms with Crippen molar-refractivity contribution in [2.24, 2.45) is 5.92 Å². The van der Waals surface area contributed by atoms with Crippen molar-refractivity contribution in [1.29, 1.82) is 0 Å². The highest BCUT2D eigenvalue weighted by atomic mass is 16.5. The third-order valence-corrected chi connectivity index (χ3v) is 2.69. The van der Waals surface area contributed by atoms with Crippen molar-refractivity contribution in [3.63, 3.8) is 0 Å². The molecule has 1 fully saturated rings. The number of rotatable bonds is 6. The number of likely N-dealkylation sites (tertiary alicyclic amines) is 1. The van der Waals surface area contributed by atoms with E-state index in [1.165, 1.54) is 4.90 Å². The summed E-state index contributed by atoms with van der Waals surface area (Å²) in [5.74, 6) is -1.27. The first kappa shape index (κ1) is 13.5. The fourth-order valence-corrected chi connectivity index (χ4v) is 1.61. The van der Waals surface area contributed by atoms with E-state index in [4.69, 9.17) is 9.84 Å². The second-order valence-corrected chi connectivity index (χ2v) is 3.95. The first-order valence-corrected chi connectivity index (χ1v) is 5.46. The molecule has 0 unspecified atom stereocenters. The number of carboxylic acids is 1. The number of carbonyl (C=O) groups is 2. The van der Waals surface area contributed by atoms with Crippen molar-refractivity contribution in [3.8, 4) is 0 Å². The van der Waals surface area contributed by atoms with Gasteiger partial charge in [0.05, 0.1) is 12.5 Å². The summed E-state index contributed by atoms with van der Waals surface area (Å²) in [7, 11) is 1.57. The maximum atomic E-state index is 11.9. The number of aliphatic carboxylic acids is 1. The number of ether oxygens (including phenoxy) is 1. The number of amides is 2. The molecule has 1 N–H and O–H groups in total. The summed E-state index contributed by atoms with van der Waals surface area (Å²) in [6, 6.07) is -0.153. The molecule has 96 valence electrons. The zero-order valence-electron chi connectivity index (χ0n) is 9.96. The lowest BCUT2D eigenvalue weighted by molar-refractivity contribution is -0.146. The van der Waals surface area contributed by atoms with Gasteiger partial charge in [-0.05, 0) is 0 Å². The molecule has 0 saturated carbocycles. The number of methoxy groups -OCH3 is 1. The second-order valence-electron chi connectivity index (χ2n) is 3.95. The number of hydrogen-bond acceptors (Lipinski definition) is 3. The summed E-state index contributed by atoms with van der Waals surface area (Å²) in [6.07, 6.45) is 1.64. The lowest BCUT2D eigenvalue weighted by atomic mass is 10.0. The van der Waals surface area contributed by atoms with Gasteiger partial charge in [0.1, 0.15) is 0 Å². The van der Waals surface area contributed by atoms with Crippen molar-refractivity contribution >= 4 is 12.0 Å². The molecule has 0 bridgehead atoms. The summed E-state index contributed by atoms with van der Waals surface area (Å²) in [4.78, 5) is 25.7. The first-order chi connectivity index (χ1) is 8.10. The van der Waals surface area contributed by atoms with Gasteiger partial charge in [0, 0.05) is 33.3 Å². The van der Waals surface area contributed by atoms with E-state index in [1.807, 2.05) is 0 Å². The van der Waals surface area contributed by atoms with E-state index < -0.39 is 11.9 Å². The molecule has 0 aliphatic carbocycles. The number of hydrogen-bond donors (Lipinski definition) is 1. The zero-order valence-corrected chi connectivity index (χ0v) is 9.96. The van der Waals surface area contributed by atoms with Crippen LogP contribution in [0.15, 0.2) is 12.7 Å². The van der Waals surface area contributed by atoms with Crippen LogP contribution < -0.4 is 0 Å². The van der Waals surface area contributed by atoms with Crippen LogP contribution >= 0.6 is 0 Å². The number of urea groups is 1. The van der Waals surface area contributed by atoms with Crippen LogP contribution in [0.25, 0.3) is 0 Å². The lowest BCUT2D eigenvalue weighted by Crippen LogP contribution is -2.57. The highest BCUT2D eigenvalue weighted by Gasteiger charge is 2.37. The fourth-order valence-electron chi connectivity index (χ4n) is 1.61. The molecule has 1 aliphatic rings. The molecule has 2 amide bonds. The Hall–Kier alpha value is -1.56. The smallest absolute Gasteiger partial charge is 0.320 e. The van der Waals surface area contributed by atoms with Crippen molar-refractivity contribution in [1.82, 2.24) is 9.80 Å². The molecule has 0 aromatic rings. The Morgan fingerprint density at radius 2 is 2.24 bits per heavy atom. The zero-order chi connectivity index (χ0) is 12.8. The standard InChI is InChI=1S/C11H18N2O4/c1-3-4-12(5-6-17-2)11(16)13-7-9(8-13)10(14)15/h3,9H,1,4-8H2,2H3,(H,14,15). The van der Waals surface area contributed by atoms with E-state index in [-0.39, 0.29) is 19.1 Å². The number of nitrogens with zero attached hydrogens (tertiary/aromatic N) is 2. The van der Waals surface area contributed by atoms with E-state index in [1.54, 1.807) is 18.1 Å². The van der Waals surface area contributed by atoms with Crippen molar-refractivity contribution in [2.75, 3.05) is 39.9 Å². The third kappa shape index (κ3) is 3.45. The van der Waals surface area contributed by atoms with Gasteiger partial charge in [0.25, 0.3) is 0 Å². The molecule has 1 heterocycles. The predicted octanol–water partition coefficient (Wildman–Crippen LogP) is 0.257. The molecular weight excluding hydrogens is 224 g/mol. The minimum absolute atomic E-state index is 0.153. The number of carboxylic acid groups (broad SMARTS) is 1. The summed E-state index contributed by atoms with van der Waals surface area (Å²) in [5, 5.41) is 8.73. The van der Waals surface area contributed by atoms with Crippen LogP contribution in [0.3, 0.4) is 0 Å². The van der Waals surface area contributed by atoms with Gasteiger partial charge in [-0.25, -0.2) is 4.79 Å². The van der Waals surface area contributed by atoms with Crippen LogP contribution in [0, 0.1) is 5.92 Å². The van der Waals surface area contributed by atoms with Crippen LogP contribution in [-0.4, -0.2) is 66.8 Å². The molecule has 0 aromatic heterocycles. The topological polar surface area (TPSA) is 70.1 Å². The van der Waals surface area contributed by atoms with Gasteiger partial charge in [-0.15, -0.1) is 6.58 Å². The molecule has 0 radical (unpaired) electrons. The SMILES string of the molecule is C=CCN(CCOC)C(=O)N1CC(C(=O)O)C1. The predicted molar refractivity (Wildman–Crippen MR) is 61.7 cm³/mol. The van der Waals surface area contributed by atoms with E-state index in [9.17, 15) is 9.59 Å². The molecule has 0 aromatic carbocycles. The van der Waals surface area contributed by atoms with Gasteiger partial charge in [0.2, 0.25) is 0 Å². The Balaban J connectivity index is 2.43. The van der Waals surface area contributed by atoms with Crippen LogP contribution in [0.1, 0.15) is 0 Å². The third-order valence-electron chi connectivity index (χ3n) is 2.69. The Morgan fingerprint density at radius 1 is 1.59 bits per heavy atom. The quantitative estimate of drug-likeness (QED) is 0.678. The second kappa shape index (κ2) is 6.24. The number of carbonyl (C=O) groups excluding carboxylic acids is 1. The first-order valence-electron chi connectivity index (χ1n) is 5.46. The van der Waals surface area contributed by atoms with Crippen molar-refractivity contribution < 1.29 is 19.4 Å². The molecule has 6 heteroatoms. The van der Waals surface area contributed by atoms with Gasteiger partial charge in [-0.1, -0.05) is 6.08 Å². The minimum Gasteiger partial charge on any atom is -0.481 e. The molecular formula is C11H18N2O4. The normalized spacial score (nSPS) is 15.2. The molecule has 6 nitrogen and oxygen atoms in total. The molecule has 0 spiro atoms. The highest BCUT2D eigenvalue weighted by molar-refractivity contribution is 5.80. The van der Waals surface area contributed by atoms with Gasteiger partial charge >= 0.3 is 12.0 Å². The maximum absolute atomic E-state index is 11.9. The van der Waals surface area contributed by atoms with Gasteiger partial charge < -0.3 is 19.6 Å². The fraction of sp³-hybridized carbons (Fsp3) is 0.636. The Kier molecular flexibility index (Phi) is 4.96. The Morgan fingerprint density at radius 3 is 2.71 bits per heavy atom. The lowest BCUT2D eigenvalue weighted by Gasteiger charge is -2.39. The van der Waals surface area contributed by atoms with Gasteiger partial charge in [-0.2, -0.15) is 0 Å². The van der Waals surface area contributed by atoms with E-state index in [2.05, 4.69) is 6.58 Å². The van der Waals surface area contributed by atoms with Crippen molar-refractivity contribution in [2.45, 2.75) is 0 Å². The van der Waals surface area contributed by atoms with Crippen LogP contribution in [-0.2, 0) is 9.53 Å². The monoisotopic (exact) mass is 242 g/mol. The molecule has 17 heavy (non-hydrogen) atoms. The minimum atomic E-state index is -0.846. The van der Waals surface area contributed by atoms with Gasteiger partial charge in [-0.3, -0.25) is 4.79 Å². The largest absolute Gasteiger partial charge is 0.481 e. The van der Waals surface area contributed by atoms with Crippen LogP contribution in [0.5, 0.6) is 0 Å². The average Bonchev–Trinajstić information content (AvgIpc) is 2.21. The molecule has 1 saturated heterocycles. The van der Waals surface area contributed by atoms with Crippen LogP contribution in [0.4, 0.5) is 4.79 Å². The maximum Gasteiger partial charge on any atom is 0.320 e. The average molecular weight is 242 g/mol. The highest BCUT2D eigenvalue weighted by Crippen LogP contribution is 2.17. The summed E-state index contributed by atoms with van der Waals surface area (Å²) in [5.41, 5.74) is 0. The van der Waals surface area contributed by atoms with E-state index in [0.29, 0.717) is 19.7 Å². The van der Waals surface area contributed by atoms with E-state index in [0.717, 1.165) is 0 Å². The summed E-state index contributed by atoms with van der Waals surface area (Å²) < 4.78 is 4.92. The molecule has 0 atom stereocenters. The summed E-state index contributed by atoms with van der Waals surface area (Å²) >= 11 is 0. The van der Waals surface area contributed by atoms with Gasteiger partial charge in [0.15, 0.2) is 0 Å². The Labute approximate surface area is 100 Å². The van der Waals surface area contributed by atoms with Crippen LogP contribution in [0.2, 0.25) is 0 Å².